The van der Waals surface area contributed by atoms with Crippen molar-refractivity contribution in [1.82, 2.24) is 9.97 Å². The van der Waals surface area contributed by atoms with Crippen LogP contribution < -0.4 is 14.4 Å². The summed E-state index contributed by atoms with van der Waals surface area (Å²) in [6, 6.07) is 14.6. The van der Waals surface area contributed by atoms with Gasteiger partial charge >= 0.3 is 0 Å². The van der Waals surface area contributed by atoms with Crippen molar-refractivity contribution in [2.24, 2.45) is 0 Å². The van der Waals surface area contributed by atoms with E-state index < -0.39 is 27.9 Å². The molecule has 0 aliphatic carbocycles. The number of sulfonamides is 1. The van der Waals surface area contributed by atoms with Gasteiger partial charge < -0.3 is 9.64 Å². The first-order chi connectivity index (χ1) is 18.3. The third kappa shape index (κ3) is 6.94. The van der Waals surface area contributed by atoms with Crippen molar-refractivity contribution in [1.29, 1.82) is 5.26 Å². The zero-order valence-electron chi connectivity index (χ0n) is 21.7. The summed E-state index contributed by atoms with van der Waals surface area (Å²) >= 11 is 6.60. The number of rotatable bonds is 8. The van der Waals surface area contributed by atoms with E-state index in [9.17, 15) is 22.5 Å². The Morgan fingerprint density at radius 1 is 1.21 bits per heavy atom. The largest absolute Gasteiger partial charge is 0.487 e. The second-order valence-electron chi connectivity index (χ2n) is 10.0. The maximum absolute atomic E-state index is 14.0. The van der Waals surface area contributed by atoms with Crippen molar-refractivity contribution in [3.05, 3.63) is 76.1 Å². The Labute approximate surface area is 231 Å². The van der Waals surface area contributed by atoms with E-state index in [1.165, 1.54) is 11.1 Å². The van der Waals surface area contributed by atoms with Crippen molar-refractivity contribution in [2.45, 2.75) is 44.6 Å². The Bertz CT molecular complexity index is 1510. The molecule has 0 radical (unpaired) electrons. The summed E-state index contributed by atoms with van der Waals surface area (Å²) in [6.07, 6.45) is 2.61. The number of benzene rings is 2. The molecule has 2 aromatic carbocycles. The van der Waals surface area contributed by atoms with Crippen molar-refractivity contribution in [3.8, 4) is 11.8 Å². The van der Waals surface area contributed by atoms with Gasteiger partial charge in [0.1, 0.15) is 18.4 Å². The zero-order valence-corrected chi connectivity index (χ0v) is 23.3. The molecule has 4 rings (SSSR count). The van der Waals surface area contributed by atoms with Gasteiger partial charge in [0.15, 0.2) is 0 Å². The second kappa shape index (κ2) is 10.9. The first-order valence-corrected chi connectivity index (χ1v) is 14.4. The molecule has 0 atom stereocenters. The molecule has 0 amide bonds. The van der Waals surface area contributed by atoms with Crippen LogP contribution in [0.4, 0.5) is 20.4 Å². The lowest BCUT2D eigenvalue weighted by Crippen LogP contribution is -2.43. The van der Waals surface area contributed by atoms with Gasteiger partial charge in [-0.05, 0) is 47.9 Å². The number of hydrogen-bond acceptors (Lipinski definition) is 7. The molecule has 1 aromatic heterocycles. The van der Waals surface area contributed by atoms with E-state index in [2.05, 4.69) is 20.8 Å². The molecule has 3 aromatic rings. The third-order valence-corrected chi connectivity index (χ3v) is 7.41. The molecular weight excluding hydrogens is 548 g/mol. The molecule has 8 nitrogen and oxygen atoms in total. The van der Waals surface area contributed by atoms with Gasteiger partial charge in [-0.2, -0.15) is 5.26 Å². The molecular formula is C27H28ClF2N5O3S. The van der Waals surface area contributed by atoms with Gasteiger partial charge in [0.05, 0.1) is 34.8 Å². The molecule has 1 fully saturated rings. The number of hydrogen-bond donors (Lipinski definition) is 1. The van der Waals surface area contributed by atoms with Gasteiger partial charge in [0, 0.05) is 24.6 Å². The van der Waals surface area contributed by atoms with E-state index in [0.29, 0.717) is 30.1 Å². The molecule has 1 aliphatic heterocycles. The van der Waals surface area contributed by atoms with E-state index in [-0.39, 0.29) is 29.6 Å². The normalized spacial score (nSPS) is 15.5. The Kier molecular flexibility index (Phi) is 8.00. The molecule has 1 aliphatic rings. The molecule has 12 heteroatoms. The maximum Gasteiger partial charge on any atom is 0.265 e. The number of nitrogens with one attached hydrogen (secondary N) is 1. The lowest BCUT2D eigenvalue weighted by atomic mass is 9.77. The number of piperidine rings is 1. The fourth-order valence-electron chi connectivity index (χ4n) is 4.51. The van der Waals surface area contributed by atoms with Crippen LogP contribution in [0.3, 0.4) is 0 Å². The molecule has 0 unspecified atom stereocenters. The van der Waals surface area contributed by atoms with Crippen molar-refractivity contribution in [2.75, 3.05) is 29.0 Å². The molecule has 0 saturated carbocycles. The number of anilines is 2. The summed E-state index contributed by atoms with van der Waals surface area (Å²) in [4.78, 5) is 9.52. The number of nitriles is 1. The summed E-state index contributed by atoms with van der Waals surface area (Å²) in [6.45, 7) is 4.03. The molecule has 0 bridgehead atoms. The molecule has 1 N–H and O–H groups in total. The summed E-state index contributed by atoms with van der Waals surface area (Å²) in [7, 11) is -3.50. The summed E-state index contributed by atoms with van der Waals surface area (Å²) in [5.74, 6) is -2.28. The van der Waals surface area contributed by atoms with Crippen molar-refractivity contribution < 1.29 is 21.9 Å². The minimum atomic E-state index is -3.50. The number of ether oxygens (including phenoxy) is 1. The van der Waals surface area contributed by atoms with Gasteiger partial charge in [-0.3, -0.25) is 4.72 Å². The predicted molar refractivity (Wildman–Crippen MR) is 146 cm³/mol. The van der Waals surface area contributed by atoms with Gasteiger partial charge in [0.2, 0.25) is 16.0 Å². The smallest absolute Gasteiger partial charge is 0.265 e. The van der Waals surface area contributed by atoms with Crippen LogP contribution in [0.25, 0.3) is 0 Å². The first kappa shape index (κ1) is 28.5. The number of nitrogens with zero attached hydrogens (tertiary/aromatic N) is 4. The highest BCUT2D eigenvalue weighted by molar-refractivity contribution is 7.91. The van der Waals surface area contributed by atoms with Crippen molar-refractivity contribution in [3.63, 3.8) is 0 Å². The van der Waals surface area contributed by atoms with E-state index in [0.717, 1.165) is 17.4 Å². The van der Waals surface area contributed by atoms with E-state index in [1.54, 1.807) is 30.3 Å². The lowest BCUT2D eigenvalue weighted by molar-refractivity contribution is -0.0116. The molecule has 0 spiro atoms. The fraction of sp³-hybridized carbons (Fsp3) is 0.370. The number of alkyl halides is 2. The first-order valence-electron chi connectivity index (χ1n) is 12.2. The van der Waals surface area contributed by atoms with Crippen LogP contribution in [-0.2, 0) is 22.0 Å². The fourth-order valence-corrected chi connectivity index (χ4v) is 5.28. The molecule has 1 saturated heterocycles. The van der Waals surface area contributed by atoms with E-state index in [1.807, 2.05) is 26.0 Å². The number of halogens is 3. The Balaban J connectivity index is 1.51. The maximum atomic E-state index is 14.0. The average Bonchev–Trinajstić information content (AvgIpc) is 2.85. The van der Waals surface area contributed by atoms with Gasteiger partial charge in [0.25, 0.3) is 5.92 Å². The SMILES string of the molecule is CC(C)(c1ccc(OCc2ccnc(NS(C)(=O)=O)n2)cc1)c1cc(Cl)c(N2CCCC(F)(F)C2)c(C#N)c1. The highest BCUT2D eigenvalue weighted by atomic mass is 35.5. The van der Waals surface area contributed by atoms with Crippen LogP contribution in [0.5, 0.6) is 5.75 Å². The van der Waals surface area contributed by atoms with Crippen LogP contribution in [0.1, 0.15) is 49.1 Å². The second-order valence-corrected chi connectivity index (χ2v) is 12.2. The van der Waals surface area contributed by atoms with Crippen molar-refractivity contribution >= 4 is 33.3 Å². The topological polar surface area (TPSA) is 108 Å². The van der Waals surface area contributed by atoms with Crippen LogP contribution in [0, 0.1) is 11.3 Å². The average molecular weight is 576 g/mol. The standard InChI is InChI=1S/C27H28ClF2N5O3S/c1-26(2,20-13-18(15-31)24(23(28)14-20)35-12-4-10-27(29,30)17-35)19-5-7-22(8-6-19)38-16-21-9-11-32-25(33-21)34-39(3,36)37/h5-9,11,13-14H,4,10,12,16-17H2,1-3H3,(H,32,33,34). The zero-order chi connectivity index (χ0) is 28.4. The Morgan fingerprint density at radius 2 is 1.92 bits per heavy atom. The van der Waals surface area contributed by atoms with E-state index >= 15 is 0 Å². The highest BCUT2D eigenvalue weighted by Gasteiger charge is 2.37. The Morgan fingerprint density at radius 3 is 2.56 bits per heavy atom. The quantitative estimate of drug-likeness (QED) is 0.377. The summed E-state index contributed by atoms with van der Waals surface area (Å²) < 4.78 is 58.9. The minimum Gasteiger partial charge on any atom is -0.487 e. The molecule has 206 valence electrons. The Hall–Kier alpha value is -3.49. The van der Waals surface area contributed by atoms with E-state index in [4.69, 9.17) is 16.3 Å². The third-order valence-electron chi connectivity index (χ3n) is 6.57. The van der Waals surface area contributed by atoms with Crippen LogP contribution in [0.2, 0.25) is 5.02 Å². The number of aromatic nitrogens is 2. The van der Waals surface area contributed by atoms with Crippen LogP contribution in [-0.4, -0.2) is 43.7 Å². The summed E-state index contributed by atoms with van der Waals surface area (Å²) in [5, 5.41) is 10.1. The summed E-state index contributed by atoms with van der Waals surface area (Å²) in [5.41, 5.74) is 2.24. The van der Waals surface area contributed by atoms with Crippen LogP contribution in [0.15, 0.2) is 48.7 Å². The van der Waals surface area contributed by atoms with Crippen LogP contribution >= 0.6 is 11.6 Å². The molecule has 39 heavy (non-hydrogen) atoms. The van der Waals surface area contributed by atoms with Gasteiger partial charge in [-0.25, -0.2) is 27.2 Å². The lowest BCUT2D eigenvalue weighted by Gasteiger charge is -2.36. The van der Waals surface area contributed by atoms with Gasteiger partial charge in [-0.1, -0.05) is 37.6 Å². The minimum absolute atomic E-state index is 0.0360. The monoisotopic (exact) mass is 575 g/mol. The van der Waals surface area contributed by atoms with Gasteiger partial charge in [-0.15, -0.1) is 0 Å². The molecule has 2 heterocycles. The highest BCUT2D eigenvalue weighted by Crippen LogP contribution is 2.41. The predicted octanol–water partition coefficient (Wildman–Crippen LogP) is 5.51.